The molecule has 37 heavy (non-hydrogen) atoms. The second-order valence-corrected chi connectivity index (χ2v) is 9.70. The molecule has 0 spiro atoms. The van der Waals surface area contributed by atoms with Crippen molar-refractivity contribution < 1.29 is 28.3 Å². The minimum absolute atomic E-state index is 0.00176. The number of Topliss-reactive ketones (excluding diaryl/α,β-unsaturated/α-hetero) is 1. The van der Waals surface area contributed by atoms with Crippen LogP contribution < -0.4 is 0 Å². The number of ketones is 1. The number of carbonyl (C=O) groups is 3. The fourth-order valence-electron chi connectivity index (χ4n) is 5.82. The zero-order chi connectivity index (χ0) is 26.2. The van der Waals surface area contributed by atoms with Crippen LogP contribution in [-0.2, 0) is 30.3 Å². The molecule has 0 saturated heterocycles. The van der Waals surface area contributed by atoms with E-state index in [0.717, 1.165) is 35.1 Å². The van der Waals surface area contributed by atoms with Crippen molar-refractivity contribution in [1.29, 1.82) is 0 Å². The number of carbonyl (C=O) groups excluding carboxylic acids is 3. The summed E-state index contributed by atoms with van der Waals surface area (Å²) in [6.07, 6.45) is 2.30. The molecule has 5 rings (SSSR count). The lowest BCUT2D eigenvalue weighted by Crippen LogP contribution is -2.46. The summed E-state index contributed by atoms with van der Waals surface area (Å²) in [7, 11) is 2.52. The number of benzene rings is 2. The maximum absolute atomic E-state index is 14.3. The van der Waals surface area contributed by atoms with Gasteiger partial charge in [-0.1, -0.05) is 74.0 Å². The van der Waals surface area contributed by atoms with Crippen molar-refractivity contribution in [3.8, 4) is 11.3 Å². The molecule has 2 aliphatic rings. The molecule has 3 aromatic rings. The van der Waals surface area contributed by atoms with E-state index in [2.05, 4.69) is 6.92 Å². The number of hydrogen-bond donors (Lipinski definition) is 0. The molecule has 6 nitrogen and oxygen atoms in total. The Bertz CT molecular complexity index is 1360. The second kappa shape index (κ2) is 9.85. The molecule has 0 radical (unpaired) electrons. The van der Waals surface area contributed by atoms with Crippen molar-refractivity contribution in [2.75, 3.05) is 14.2 Å². The molecular formula is C31H30O6. The van der Waals surface area contributed by atoms with Gasteiger partial charge in [0.2, 0.25) is 0 Å². The van der Waals surface area contributed by atoms with Gasteiger partial charge in [0.1, 0.15) is 11.5 Å². The van der Waals surface area contributed by atoms with Crippen LogP contribution >= 0.6 is 0 Å². The summed E-state index contributed by atoms with van der Waals surface area (Å²) in [5.74, 6) is -0.840. The summed E-state index contributed by atoms with van der Waals surface area (Å²) >= 11 is 0. The van der Waals surface area contributed by atoms with Gasteiger partial charge in [-0.05, 0) is 24.0 Å². The third kappa shape index (κ3) is 3.91. The Hall–Kier alpha value is -3.93. The predicted molar refractivity (Wildman–Crippen MR) is 139 cm³/mol. The molecule has 0 N–H and O–H groups in total. The minimum atomic E-state index is -1.62. The lowest BCUT2D eigenvalue weighted by molar-refractivity contribution is -0.169. The first-order chi connectivity index (χ1) is 18.0. The van der Waals surface area contributed by atoms with Gasteiger partial charge in [-0.25, -0.2) is 0 Å². The van der Waals surface area contributed by atoms with Crippen LogP contribution in [0.25, 0.3) is 16.9 Å². The van der Waals surface area contributed by atoms with Crippen LogP contribution in [0.15, 0.2) is 70.7 Å². The number of allylic oxidation sites excluding steroid dienone is 2. The standard InChI is InChI=1S/C31H30O6/c1-4-5-16-21-22-17-31(29(33)35-2,30(34)36-3)18-23-25(22)26(28(37-23)20-14-10-7-11-15-20)24(27(21)32)19-12-8-6-9-13-19/h6-15,24H,4-5,16-18H2,1-3H3. The van der Waals surface area contributed by atoms with Gasteiger partial charge in [0.25, 0.3) is 0 Å². The number of hydrogen-bond acceptors (Lipinski definition) is 6. The Morgan fingerprint density at radius 2 is 1.57 bits per heavy atom. The quantitative estimate of drug-likeness (QED) is 0.299. The summed E-state index contributed by atoms with van der Waals surface area (Å²) in [6, 6.07) is 19.4. The summed E-state index contributed by atoms with van der Waals surface area (Å²) in [6.45, 7) is 2.07. The average Bonchev–Trinajstić information content (AvgIpc) is 3.32. The van der Waals surface area contributed by atoms with Gasteiger partial charge in [0.15, 0.2) is 11.2 Å². The lowest BCUT2D eigenvalue weighted by atomic mass is 9.64. The van der Waals surface area contributed by atoms with E-state index in [1.54, 1.807) is 0 Å². The monoisotopic (exact) mass is 498 g/mol. The van der Waals surface area contributed by atoms with Gasteiger partial charge < -0.3 is 13.9 Å². The van der Waals surface area contributed by atoms with E-state index in [1.807, 2.05) is 60.7 Å². The highest BCUT2D eigenvalue weighted by molar-refractivity contribution is 6.15. The zero-order valence-electron chi connectivity index (χ0n) is 21.3. The Morgan fingerprint density at radius 1 is 0.946 bits per heavy atom. The second-order valence-electron chi connectivity index (χ2n) is 9.70. The normalized spacial score (nSPS) is 17.8. The molecule has 0 bridgehead atoms. The number of esters is 2. The van der Waals surface area contributed by atoms with Crippen molar-refractivity contribution in [3.05, 3.63) is 88.7 Å². The van der Waals surface area contributed by atoms with Crippen LogP contribution in [0.2, 0.25) is 0 Å². The molecule has 1 heterocycles. The molecule has 0 amide bonds. The van der Waals surface area contributed by atoms with Gasteiger partial charge in [0, 0.05) is 35.1 Å². The summed E-state index contributed by atoms with van der Waals surface area (Å²) in [4.78, 5) is 40.7. The maximum Gasteiger partial charge on any atom is 0.324 e. The number of ether oxygens (including phenoxy) is 2. The number of unbranched alkanes of at least 4 members (excludes halogenated alkanes) is 1. The van der Waals surface area contributed by atoms with Crippen molar-refractivity contribution in [2.24, 2.45) is 5.41 Å². The van der Waals surface area contributed by atoms with Crippen LogP contribution in [0.1, 0.15) is 61.0 Å². The Labute approximate surface area is 216 Å². The molecule has 0 saturated carbocycles. The number of furan rings is 1. The largest absolute Gasteiger partial charge is 0.468 e. The Balaban J connectivity index is 1.84. The molecule has 1 atom stereocenters. The van der Waals surface area contributed by atoms with E-state index in [9.17, 15) is 14.4 Å². The van der Waals surface area contributed by atoms with Crippen molar-refractivity contribution >= 4 is 23.3 Å². The number of methoxy groups -OCH3 is 2. The van der Waals surface area contributed by atoms with Crippen LogP contribution in [0.3, 0.4) is 0 Å². The first kappa shape index (κ1) is 24.8. The molecule has 1 unspecified atom stereocenters. The third-order valence-corrected chi connectivity index (χ3v) is 7.57. The molecule has 1 aromatic heterocycles. The highest BCUT2D eigenvalue weighted by atomic mass is 16.5. The summed E-state index contributed by atoms with van der Waals surface area (Å²) in [5, 5.41) is 0. The molecule has 2 aliphatic carbocycles. The van der Waals surface area contributed by atoms with Crippen LogP contribution in [0, 0.1) is 5.41 Å². The maximum atomic E-state index is 14.3. The van der Waals surface area contributed by atoms with E-state index in [0.29, 0.717) is 29.1 Å². The first-order valence-corrected chi connectivity index (χ1v) is 12.7. The topological polar surface area (TPSA) is 82.8 Å². The smallest absolute Gasteiger partial charge is 0.324 e. The SMILES string of the molecule is CCCCC1=C2CC(C(=O)OC)(C(=O)OC)Cc3oc(-c4ccccc4)c(c32)C(c2ccccc2)C1=O. The third-order valence-electron chi connectivity index (χ3n) is 7.57. The Morgan fingerprint density at radius 3 is 2.16 bits per heavy atom. The van der Waals surface area contributed by atoms with Crippen molar-refractivity contribution in [2.45, 2.75) is 44.9 Å². The van der Waals surface area contributed by atoms with E-state index < -0.39 is 23.3 Å². The van der Waals surface area contributed by atoms with E-state index in [-0.39, 0.29) is 18.6 Å². The highest BCUT2D eigenvalue weighted by Crippen LogP contribution is 2.55. The lowest BCUT2D eigenvalue weighted by Gasteiger charge is -2.36. The van der Waals surface area contributed by atoms with Crippen LogP contribution in [-0.4, -0.2) is 31.9 Å². The molecule has 0 fully saturated rings. The Kier molecular flexibility index (Phi) is 6.59. The predicted octanol–water partition coefficient (Wildman–Crippen LogP) is 5.88. The van der Waals surface area contributed by atoms with Crippen LogP contribution in [0.4, 0.5) is 0 Å². The first-order valence-electron chi connectivity index (χ1n) is 12.7. The molecule has 0 aliphatic heterocycles. The van der Waals surface area contributed by atoms with E-state index >= 15 is 0 Å². The van der Waals surface area contributed by atoms with Gasteiger partial charge >= 0.3 is 11.9 Å². The summed E-state index contributed by atoms with van der Waals surface area (Å²) < 4.78 is 16.7. The van der Waals surface area contributed by atoms with Crippen molar-refractivity contribution in [1.82, 2.24) is 0 Å². The molecule has 6 heteroatoms. The zero-order valence-corrected chi connectivity index (χ0v) is 21.3. The summed E-state index contributed by atoms with van der Waals surface area (Å²) in [5.41, 5.74) is 3.10. The van der Waals surface area contributed by atoms with Gasteiger partial charge in [-0.2, -0.15) is 0 Å². The van der Waals surface area contributed by atoms with Gasteiger partial charge in [0.05, 0.1) is 20.1 Å². The van der Waals surface area contributed by atoms with Gasteiger partial charge in [-0.15, -0.1) is 0 Å². The highest BCUT2D eigenvalue weighted by Gasteiger charge is 2.56. The van der Waals surface area contributed by atoms with Crippen LogP contribution in [0.5, 0.6) is 0 Å². The van der Waals surface area contributed by atoms with Crippen molar-refractivity contribution in [3.63, 3.8) is 0 Å². The fourth-order valence-corrected chi connectivity index (χ4v) is 5.82. The fraction of sp³-hybridized carbons (Fsp3) is 0.323. The molecule has 190 valence electrons. The number of rotatable bonds is 7. The average molecular weight is 499 g/mol. The molecule has 2 aromatic carbocycles. The van der Waals surface area contributed by atoms with E-state index in [1.165, 1.54) is 14.2 Å². The van der Waals surface area contributed by atoms with E-state index in [4.69, 9.17) is 13.9 Å². The van der Waals surface area contributed by atoms with Gasteiger partial charge in [-0.3, -0.25) is 14.4 Å². The molecular weight excluding hydrogens is 468 g/mol. The minimum Gasteiger partial charge on any atom is -0.468 e.